The first-order chi connectivity index (χ1) is 9.26. The molecule has 108 valence electrons. The first-order valence-corrected chi connectivity index (χ1v) is 6.11. The standard InChI is InChI=1S/C15H19NO4/c1-6-13(17)11-8-7-10(19-5)9-12(11)16-14(18)20-15(2,3)4/h6-9H,1H2,2-5H3,(H,16,18). The number of carbonyl (C=O) groups is 2. The van der Waals surface area contributed by atoms with E-state index >= 15 is 0 Å². The normalized spacial score (nSPS) is 10.6. The zero-order chi connectivity index (χ0) is 15.3. The summed E-state index contributed by atoms with van der Waals surface area (Å²) in [7, 11) is 1.50. The van der Waals surface area contributed by atoms with Crippen LogP contribution < -0.4 is 10.1 Å². The minimum Gasteiger partial charge on any atom is -0.497 e. The van der Waals surface area contributed by atoms with Gasteiger partial charge in [-0.3, -0.25) is 10.1 Å². The molecule has 1 aromatic carbocycles. The quantitative estimate of drug-likeness (QED) is 0.676. The number of ether oxygens (including phenoxy) is 2. The molecule has 1 aromatic rings. The van der Waals surface area contributed by atoms with Gasteiger partial charge in [-0.1, -0.05) is 6.58 Å². The van der Waals surface area contributed by atoms with Crippen molar-refractivity contribution in [1.82, 2.24) is 0 Å². The number of ketones is 1. The molecule has 0 unspecified atom stereocenters. The van der Waals surface area contributed by atoms with Crippen molar-refractivity contribution >= 4 is 17.6 Å². The molecule has 0 aromatic heterocycles. The zero-order valence-electron chi connectivity index (χ0n) is 12.1. The van der Waals surface area contributed by atoms with Crippen LogP contribution in [-0.2, 0) is 4.74 Å². The average Bonchev–Trinajstić information content (AvgIpc) is 2.35. The Morgan fingerprint density at radius 3 is 2.45 bits per heavy atom. The van der Waals surface area contributed by atoms with Gasteiger partial charge in [0.15, 0.2) is 5.78 Å². The summed E-state index contributed by atoms with van der Waals surface area (Å²) >= 11 is 0. The summed E-state index contributed by atoms with van der Waals surface area (Å²) in [5.41, 5.74) is 0.0288. The van der Waals surface area contributed by atoms with Crippen molar-refractivity contribution in [2.24, 2.45) is 0 Å². The van der Waals surface area contributed by atoms with E-state index in [9.17, 15) is 9.59 Å². The topological polar surface area (TPSA) is 64.6 Å². The van der Waals surface area contributed by atoms with Crippen LogP contribution in [0.4, 0.5) is 10.5 Å². The Morgan fingerprint density at radius 2 is 1.95 bits per heavy atom. The predicted molar refractivity (Wildman–Crippen MR) is 77.4 cm³/mol. The number of benzene rings is 1. The van der Waals surface area contributed by atoms with Gasteiger partial charge in [-0.2, -0.15) is 0 Å². The van der Waals surface area contributed by atoms with Gasteiger partial charge in [0, 0.05) is 11.6 Å². The largest absolute Gasteiger partial charge is 0.497 e. The molecule has 20 heavy (non-hydrogen) atoms. The van der Waals surface area contributed by atoms with Gasteiger partial charge in [0.05, 0.1) is 12.8 Å². The number of nitrogens with one attached hydrogen (secondary N) is 1. The molecule has 1 N–H and O–H groups in total. The maximum atomic E-state index is 11.8. The van der Waals surface area contributed by atoms with E-state index in [1.165, 1.54) is 13.2 Å². The Hall–Kier alpha value is -2.30. The van der Waals surface area contributed by atoms with Crippen molar-refractivity contribution in [2.45, 2.75) is 26.4 Å². The third-order valence-corrected chi connectivity index (χ3v) is 2.31. The lowest BCUT2D eigenvalue weighted by atomic mass is 10.1. The number of hydrogen-bond acceptors (Lipinski definition) is 4. The van der Waals surface area contributed by atoms with Crippen LogP contribution in [0.25, 0.3) is 0 Å². The third-order valence-electron chi connectivity index (χ3n) is 2.31. The summed E-state index contributed by atoms with van der Waals surface area (Å²) in [6.45, 7) is 8.71. The van der Waals surface area contributed by atoms with E-state index < -0.39 is 11.7 Å². The fourth-order valence-corrected chi connectivity index (χ4v) is 1.49. The third kappa shape index (κ3) is 4.42. The number of rotatable bonds is 4. The molecule has 0 aliphatic heterocycles. The molecule has 0 aliphatic rings. The SMILES string of the molecule is C=CC(=O)c1ccc(OC)cc1NC(=O)OC(C)(C)C. The average molecular weight is 277 g/mol. The number of anilines is 1. The molecular formula is C15H19NO4. The number of methoxy groups -OCH3 is 1. The number of carbonyl (C=O) groups excluding carboxylic acids is 2. The van der Waals surface area contributed by atoms with Crippen LogP contribution in [0, 0.1) is 0 Å². The summed E-state index contributed by atoms with van der Waals surface area (Å²) in [4.78, 5) is 23.5. The van der Waals surface area contributed by atoms with E-state index in [2.05, 4.69) is 11.9 Å². The summed E-state index contributed by atoms with van der Waals surface area (Å²) < 4.78 is 10.2. The second-order valence-corrected chi connectivity index (χ2v) is 5.11. The maximum absolute atomic E-state index is 11.8. The molecular weight excluding hydrogens is 258 g/mol. The van der Waals surface area contributed by atoms with E-state index in [0.29, 0.717) is 17.0 Å². The highest BCUT2D eigenvalue weighted by Gasteiger charge is 2.18. The van der Waals surface area contributed by atoms with Crippen LogP contribution in [-0.4, -0.2) is 24.6 Å². The number of allylic oxidation sites excluding steroid dienone is 1. The molecule has 5 heteroatoms. The second-order valence-electron chi connectivity index (χ2n) is 5.11. The van der Waals surface area contributed by atoms with Crippen LogP contribution in [0.2, 0.25) is 0 Å². The van der Waals surface area contributed by atoms with Gasteiger partial charge in [-0.25, -0.2) is 4.79 Å². The van der Waals surface area contributed by atoms with Crippen LogP contribution >= 0.6 is 0 Å². The van der Waals surface area contributed by atoms with Crippen molar-refractivity contribution in [3.8, 4) is 5.75 Å². The van der Waals surface area contributed by atoms with Crippen molar-refractivity contribution in [2.75, 3.05) is 12.4 Å². The van der Waals surface area contributed by atoms with E-state index in [4.69, 9.17) is 9.47 Å². The Bertz CT molecular complexity index is 529. The Labute approximate surface area is 118 Å². The van der Waals surface area contributed by atoms with Gasteiger partial charge in [0.1, 0.15) is 11.4 Å². The van der Waals surface area contributed by atoms with Crippen molar-refractivity contribution < 1.29 is 19.1 Å². The number of hydrogen-bond donors (Lipinski definition) is 1. The predicted octanol–water partition coefficient (Wildman–Crippen LogP) is 3.41. The Morgan fingerprint density at radius 1 is 1.30 bits per heavy atom. The minimum atomic E-state index is -0.635. The Kier molecular flexibility index (Phi) is 4.91. The fourth-order valence-electron chi connectivity index (χ4n) is 1.49. The van der Waals surface area contributed by atoms with Crippen LogP contribution in [0.1, 0.15) is 31.1 Å². The van der Waals surface area contributed by atoms with Crippen LogP contribution in [0.15, 0.2) is 30.9 Å². The lowest BCUT2D eigenvalue weighted by molar-refractivity contribution is 0.0636. The van der Waals surface area contributed by atoms with Gasteiger partial charge in [-0.05, 0) is 39.0 Å². The second kappa shape index (κ2) is 6.23. The zero-order valence-corrected chi connectivity index (χ0v) is 12.1. The molecule has 0 fully saturated rings. The van der Waals surface area contributed by atoms with Gasteiger partial charge in [0.2, 0.25) is 0 Å². The van der Waals surface area contributed by atoms with Crippen molar-refractivity contribution in [3.63, 3.8) is 0 Å². The van der Waals surface area contributed by atoms with Gasteiger partial charge >= 0.3 is 6.09 Å². The van der Waals surface area contributed by atoms with Crippen molar-refractivity contribution in [1.29, 1.82) is 0 Å². The lowest BCUT2D eigenvalue weighted by Crippen LogP contribution is -2.27. The fraction of sp³-hybridized carbons (Fsp3) is 0.333. The smallest absolute Gasteiger partial charge is 0.412 e. The first kappa shape index (κ1) is 15.8. The van der Waals surface area contributed by atoms with Gasteiger partial charge in [-0.15, -0.1) is 0 Å². The highest BCUT2D eigenvalue weighted by molar-refractivity contribution is 6.09. The van der Waals surface area contributed by atoms with E-state index in [0.717, 1.165) is 0 Å². The molecule has 1 rings (SSSR count). The lowest BCUT2D eigenvalue weighted by Gasteiger charge is -2.20. The minimum absolute atomic E-state index is 0.293. The molecule has 0 radical (unpaired) electrons. The van der Waals surface area contributed by atoms with E-state index in [-0.39, 0.29) is 5.78 Å². The van der Waals surface area contributed by atoms with E-state index in [1.807, 2.05) is 0 Å². The molecule has 0 aliphatic carbocycles. The maximum Gasteiger partial charge on any atom is 0.412 e. The Balaban J connectivity index is 3.04. The van der Waals surface area contributed by atoms with Gasteiger partial charge < -0.3 is 9.47 Å². The monoisotopic (exact) mass is 277 g/mol. The molecule has 0 atom stereocenters. The summed E-state index contributed by atoms with van der Waals surface area (Å²) in [6, 6.07) is 4.76. The molecule has 0 heterocycles. The van der Waals surface area contributed by atoms with Gasteiger partial charge in [0.25, 0.3) is 0 Å². The highest BCUT2D eigenvalue weighted by atomic mass is 16.6. The first-order valence-electron chi connectivity index (χ1n) is 6.11. The van der Waals surface area contributed by atoms with Crippen LogP contribution in [0.3, 0.4) is 0 Å². The molecule has 0 bridgehead atoms. The molecule has 1 amide bonds. The van der Waals surface area contributed by atoms with Crippen LogP contribution in [0.5, 0.6) is 5.75 Å². The number of amides is 1. The van der Waals surface area contributed by atoms with E-state index in [1.54, 1.807) is 39.0 Å². The summed E-state index contributed by atoms with van der Waals surface area (Å²) in [5.74, 6) is 0.232. The molecule has 0 saturated heterocycles. The summed E-state index contributed by atoms with van der Waals surface area (Å²) in [5, 5.41) is 2.55. The summed E-state index contributed by atoms with van der Waals surface area (Å²) in [6.07, 6.45) is 0.547. The molecule has 0 spiro atoms. The molecule has 0 saturated carbocycles. The highest BCUT2D eigenvalue weighted by Crippen LogP contribution is 2.24. The van der Waals surface area contributed by atoms with Crippen molar-refractivity contribution in [3.05, 3.63) is 36.4 Å². The molecule has 5 nitrogen and oxygen atoms in total.